The number of aromatic nitrogens is 2. The van der Waals surface area contributed by atoms with Crippen LogP contribution in [0.2, 0.25) is 0 Å². The molecule has 1 aromatic heterocycles. The molecule has 1 N–H and O–H groups in total. The minimum absolute atomic E-state index is 0.230. The monoisotopic (exact) mass is 363 g/mol. The van der Waals surface area contributed by atoms with Crippen LogP contribution in [0.15, 0.2) is 59.5 Å². The van der Waals surface area contributed by atoms with Crippen LogP contribution in [0.3, 0.4) is 0 Å². The van der Waals surface area contributed by atoms with E-state index in [9.17, 15) is 4.79 Å². The van der Waals surface area contributed by atoms with Crippen LogP contribution in [0.25, 0.3) is 0 Å². The lowest BCUT2D eigenvalue weighted by molar-refractivity contribution is 0.402. The van der Waals surface area contributed by atoms with Crippen LogP contribution in [-0.4, -0.2) is 16.7 Å². The van der Waals surface area contributed by atoms with Crippen LogP contribution in [0.5, 0.6) is 5.75 Å². The van der Waals surface area contributed by atoms with E-state index in [0.717, 1.165) is 24.1 Å². The molecule has 5 heteroatoms. The highest BCUT2D eigenvalue weighted by Gasteiger charge is 2.12. The van der Waals surface area contributed by atoms with Gasteiger partial charge in [-0.25, -0.2) is 0 Å². The zero-order valence-electron chi connectivity index (χ0n) is 16.0. The normalized spacial score (nSPS) is 10.6. The van der Waals surface area contributed by atoms with Gasteiger partial charge in [0.1, 0.15) is 0 Å². The van der Waals surface area contributed by atoms with Crippen LogP contribution in [-0.2, 0) is 13.0 Å². The maximum Gasteiger partial charge on any atom is 0.316 e. The molecule has 3 rings (SSSR count). The van der Waals surface area contributed by atoms with Crippen molar-refractivity contribution in [3.05, 3.63) is 81.8 Å². The standard InChI is InChI=1S/C22H25N3O2/c1-4-9-18-12-8-13-19(16(18)2)23-22-24-21(26)20(27-3)15-25(22)14-17-10-6-5-7-11-17/h5-8,10-13,15H,4,9,14H2,1-3H3,(H,23,24,26). The summed E-state index contributed by atoms with van der Waals surface area (Å²) in [5.74, 6) is 0.731. The third kappa shape index (κ3) is 4.37. The van der Waals surface area contributed by atoms with Gasteiger partial charge in [-0.15, -0.1) is 0 Å². The highest BCUT2D eigenvalue weighted by atomic mass is 16.5. The van der Waals surface area contributed by atoms with E-state index >= 15 is 0 Å². The molecule has 2 aromatic carbocycles. The Hall–Kier alpha value is -3.08. The molecule has 0 aliphatic rings. The van der Waals surface area contributed by atoms with Crippen molar-refractivity contribution in [2.75, 3.05) is 12.4 Å². The summed E-state index contributed by atoms with van der Waals surface area (Å²) in [6, 6.07) is 16.2. The summed E-state index contributed by atoms with van der Waals surface area (Å²) in [4.78, 5) is 16.5. The van der Waals surface area contributed by atoms with Gasteiger partial charge < -0.3 is 14.6 Å². The van der Waals surface area contributed by atoms with Gasteiger partial charge in [-0.05, 0) is 36.1 Å². The minimum Gasteiger partial charge on any atom is -0.490 e. The van der Waals surface area contributed by atoms with Crippen molar-refractivity contribution >= 4 is 11.6 Å². The van der Waals surface area contributed by atoms with Gasteiger partial charge in [-0.2, -0.15) is 4.98 Å². The molecule has 0 fully saturated rings. The van der Waals surface area contributed by atoms with E-state index in [1.54, 1.807) is 6.20 Å². The van der Waals surface area contributed by atoms with Gasteiger partial charge in [0.05, 0.1) is 19.9 Å². The summed E-state index contributed by atoms with van der Waals surface area (Å²) in [5.41, 5.74) is 4.17. The maximum absolute atomic E-state index is 12.2. The quantitative estimate of drug-likeness (QED) is 0.680. The highest BCUT2D eigenvalue weighted by Crippen LogP contribution is 2.24. The first-order valence-electron chi connectivity index (χ1n) is 9.17. The zero-order chi connectivity index (χ0) is 19.2. The SMILES string of the molecule is CCCc1cccc(Nc2nc(=O)c(OC)cn2Cc2ccccc2)c1C. The number of anilines is 2. The van der Waals surface area contributed by atoms with Crippen LogP contribution in [0.4, 0.5) is 11.6 Å². The molecule has 3 aromatic rings. The van der Waals surface area contributed by atoms with E-state index in [1.807, 2.05) is 47.0 Å². The number of methoxy groups -OCH3 is 1. The van der Waals surface area contributed by atoms with E-state index in [4.69, 9.17) is 4.74 Å². The molecule has 27 heavy (non-hydrogen) atoms. The Balaban J connectivity index is 2.00. The summed E-state index contributed by atoms with van der Waals surface area (Å²) in [6.07, 6.45) is 3.81. The average Bonchev–Trinajstić information content (AvgIpc) is 2.68. The van der Waals surface area contributed by atoms with Crippen molar-refractivity contribution in [3.63, 3.8) is 0 Å². The number of nitrogens with zero attached hydrogens (tertiary/aromatic N) is 2. The molecule has 0 aliphatic heterocycles. The lowest BCUT2D eigenvalue weighted by atomic mass is 10.0. The van der Waals surface area contributed by atoms with Crippen LogP contribution < -0.4 is 15.6 Å². The molecular weight excluding hydrogens is 338 g/mol. The van der Waals surface area contributed by atoms with Crippen molar-refractivity contribution in [2.45, 2.75) is 33.2 Å². The Kier molecular flexibility index (Phi) is 5.91. The second kappa shape index (κ2) is 8.54. The van der Waals surface area contributed by atoms with Gasteiger partial charge in [0.15, 0.2) is 0 Å². The van der Waals surface area contributed by atoms with Crippen LogP contribution >= 0.6 is 0 Å². The molecular formula is C22H25N3O2. The van der Waals surface area contributed by atoms with E-state index in [1.165, 1.54) is 18.2 Å². The zero-order valence-corrected chi connectivity index (χ0v) is 16.0. The minimum atomic E-state index is -0.383. The molecule has 0 atom stereocenters. The first kappa shape index (κ1) is 18.7. The summed E-state index contributed by atoms with van der Waals surface area (Å²) < 4.78 is 7.08. The Morgan fingerprint density at radius 2 is 1.89 bits per heavy atom. The van der Waals surface area contributed by atoms with E-state index in [-0.39, 0.29) is 11.3 Å². The molecule has 1 heterocycles. The number of aryl methyl sites for hydroxylation is 1. The fourth-order valence-electron chi connectivity index (χ4n) is 3.09. The molecule has 140 valence electrons. The van der Waals surface area contributed by atoms with Gasteiger partial charge in [0.25, 0.3) is 0 Å². The fourth-order valence-corrected chi connectivity index (χ4v) is 3.09. The van der Waals surface area contributed by atoms with Gasteiger partial charge in [0.2, 0.25) is 11.7 Å². The predicted octanol–water partition coefficient (Wildman–Crippen LogP) is 4.30. The first-order chi connectivity index (χ1) is 13.1. The number of ether oxygens (including phenoxy) is 1. The third-order valence-corrected chi connectivity index (χ3v) is 4.59. The second-order valence-electron chi connectivity index (χ2n) is 6.52. The Morgan fingerprint density at radius 3 is 2.59 bits per heavy atom. The van der Waals surface area contributed by atoms with Crippen molar-refractivity contribution in [2.24, 2.45) is 0 Å². The van der Waals surface area contributed by atoms with E-state index in [0.29, 0.717) is 12.5 Å². The average molecular weight is 363 g/mol. The molecule has 0 aliphatic carbocycles. The van der Waals surface area contributed by atoms with E-state index < -0.39 is 0 Å². The topological polar surface area (TPSA) is 56.1 Å². The molecule has 0 saturated heterocycles. The largest absolute Gasteiger partial charge is 0.490 e. The van der Waals surface area contributed by atoms with E-state index in [2.05, 4.69) is 30.2 Å². The number of benzene rings is 2. The number of hydrogen-bond donors (Lipinski definition) is 1. The first-order valence-corrected chi connectivity index (χ1v) is 9.17. The fraction of sp³-hybridized carbons (Fsp3) is 0.273. The van der Waals surface area contributed by atoms with Crippen molar-refractivity contribution in [1.82, 2.24) is 9.55 Å². The van der Waals surface area contributed by atoms with Crippen molar-refractivity contribution < 1.29 is 4.74 Å². The van der Waals surface area contributed by atoms with Gasteiger partial charge in [-0.3, -0.25) is 4.79 Å². The molecule has 0 radical (unpaired) electrons. The van der Waals surface area contributed by atoms with Gasteiger partial charge in [-0.1, -0.05) is 55.8 Å². The van der Waals surface area contributed by atoms with Crippen LogP contribution in [0, 0.1) is 6.92 Å². The summed E-state index contributed by atoms with van der Waals surface area (Å²) in [5, 5.41) is 3.35. The molecule has 0 spiro atoms. The number of hydrogen-bond acceptors (Lipinski definition) is 4. The van der Waals surface area contributed by atoms with Gasteiger partial charge in [0, 0.05) is 5.69 Å². The summed E-state index contributed by atoms with van der Waals surface area (Å²) >= 11 is 0. The Morgan fingerprint density at radius 1 is 1.11 bits per heavy atom. The predicted molar refractivity (Wildman–Crippen MR) is 109 cm³/mol. The molecule has 0 bridgehead atoms. The Labute approximate surface area is 159 Å². The summed E-state index contributed by atoms with van der Waals surface area (Å²) in [6.45, 7) is 4.85. The Bertz CT molecular complexity index is 965. The lowest BCUT2D eigenvalue weighted by Crippen LogP contribution is -2.19. The molecule has 0 amide bonds. The molecule has 0 unspecified atom stereocenters. The third-order valence-electron chi connectivity index (χ3n) is 4.59. The lowest BCUT2D eigenvalue weighted by Gasteiger charge is -2.17. The smallest absolute Gasteiger partial charge is 0.316 e. The van der Waals surface area contributed by atoms with Crippen LogP contribution in [0.1, 0.15) is 30.0 Å². The number of nitrogens with one attached hydrogen (secondary N) is 1. The summed E-state index contributed by atoms with van der Waals surface area (Å²) in [7, 11) is 1.48. The van der Waals surface area contributed by atoms with Crippen molar-refractivity contribution in [3.8, 4) is 5.75 Å². The number of rotatable bonds is 7. The molecule has 5 nitrogen and oxygen atoms in total. The maximum atomic E-state index is 12.2. The van der Waals surface area contributed by atoms with Crippen molar-refractivity contribution in [1.29, 1.82) is 0 Å². The highest BCUT2D eigenvalue weighted by molar-refractivity contribution is 5.60. The second-order valence-corrected chi connectivity index (χ2v) is 6.52. The van der Waals surface area contributed by atoms with Gasteiger partial charge >= 0.3 is 5.56 Å². The molecule has 0 saturated carbocycles.